The second-order valence-electron chi connectivity index (χ2n) is 30.8. The van der Waals surface area contributed by atoms with E-state index in [0.717, 1.165) is 76.9 Å². The van der Waals surface area contributed by atoms with Gasteiger partial charge in [0.2, 0.25) is 17.7 Å². The van der Waals surface area contributed by atoms with Crippen LogP contribution in [0.1, 0.15) is 148 Å². The van der Waals surface area contributed by atoms with Crippen LogP contribution < -0.4 is 0 Å². The molecule has 16 rings (SSSR count). The van der Waals surface area contributed by atoms with Gasteiger partial charge in [-0.05, 0) is 133 Å². The standard InChI is InChI=1S/C29H32N4O4.C29H31N3O5S.C29H29N3O4S/c1-18(2)27(33-16-21-5-3-4-6-23(21)28(33)36)29(37)32-17-22(34)15-25(32)26(35)12-9-19-7-10-20(11-8-19)24-13-14-30-31-24;1-17-27(38-16-30-17)20-10-7-19(8-11-20)9-12-25(35)24-13-22(34)15-31(24)29(37)26(18(2)33)32-14-21-5-3-4-6-23(21)28(32)36;1-18-26(37-17-30-18)20-9-6-19(7-10-20)8-11-25(34)24-14-22(33)16-31(24)28(36)29(12-13-29)32-15-21-4-2-3-5-23(21)27(32)35/h3-8,10-11,13-14,18,22,25,27,34H,9,12,15-17H2,1-2H3,(H,30,31);3-8,10-11,16,18,22,24,26,33-34H,9,12-15H2,1-2H3;2-7,9-10,17,22,24,33H,8,11-16H2,1H3/t22-,25+,27+;18-,22+,24-,26?;22-,24+/m101/s1. The van der Waals surface area contributed by atoms with Crippen molar-refractivity contribution in [2.24, 2.45) is 5.92 Å². The highest BCUT2D eigenvalue weighted by Crippen LogP contribution is 2.48. The quantitative estimate of drug-likeness (QED) is 0.0398. The first-order valence-corrected chi connectivity index (χ1v) is 40.2. The Balaban J connectivity index is 0.000000140. The van der Waals surface area contributed by atoms with Crippen LogP contribution in [0, 0.1) is 19.8 Å². The third-order valence-corrected chi connectivity index (χ3v) is 24.8. The Bertz CT molecular complexity index is 5000. The Kier molecular flexibility index (Phi) is 23.3. The number of β-amino-alcohol motifs (C(OH)–C–C–N with tert-alkyl or cyclic N) is 3. The molecule has 6 amide bonds. The molecule has 112 heavy (non-hydrogen) atoms. The van der Waals surface area contributed by atoms with E-state index in [-0.39, 0.29) is 111 Å². The summed E-state index contributed by atoms with van der Waals surface area (Å²) < 4.78 is 0. The Labute approximate surface area is 657 Å². The van der Waals surface area contributed by atoms with Crippen LogP contribution in [0.4, 0.5) is 0 Å². The maximum absolute atomic E-state index is 13.8. The van der Waals surface area contributed by atoms with E-state index in [9.17, 15) is 63.6 Å². The number of benzene rings is 6. The zero-order valence-corrected chi connectivity index (χ0v) is 64.9. The van der Waals surface area contributed by atoms with Gasteiger partial charge < -0.3 is 49.8 Å². The molecular weight excluding hydrogens is 1460 g/mol. The van der Waals surface area contributed by atoms with E-state index >= 15 is 0 Å². The van der Waals surface area contributed by atoms with Gasteiger partial charge in [0.1, 0.15) is 17.6 Å². The van der Waals surface area contributed by atoms with Crippen molar-refractivity contribution in [2.45, 2.75) is 185 Å². The first kappa shape index (κ1) is 78.2. The maximum Gasteiger partial charge on any atom is 0.255 e. The molecule has 23 nitrogen and oxygen atoms in total. The molecule has 6 aromatic carbocycles. The first-order chi connectivity index (χ1) is 53.9. The molecule has 1 aliphatic carbocycles. The zero-order chi connectivity index (χ0) is 78.8. The Morgan fingerprint density at radius 2 is 0.875 bits per heavy atom. The molecule has 25 heteroatoms. The highest BCUT2D eigenvalue weighted by atomic mass is 32.1. The van der Waals surface area contributed by atoms with Crippen molar-refractivity contribution in [1.82, 2.24) is 49.6 Å². The van der Waals surface area contributed by atoms with Gasteiger partial charge in [-0.2, -0.15) is 5.10 Å². The van der Waals surface area contributed by atoms with Crippen molar-refractivity contribution in [1.29, 1.82) is 0 Å². The molecule has 9 aromatic rings. The number of amides is 6. The van der Waals surface area contributed by atoms with Gasteiger partial charge in [0.25, 0.3) is 17.7 Å². The summed E-state index contributed by atoms with van der Waals surface area (Å²) in [6.45, 7) is 10.5. The minimum Gasteiger partial charge on any atom is -0.391 e. The van der Waals surface area contributed by atoms with E-state index < -0.39 is 66.1 Å². The summed E-state index contributed by atoms with van der Waals surface area (Å²) >= 11 is 3.20. The molecule has 3 saturated heterocycles. The monoisotopic (exact) mass is 1550 g/mol. The first-order valence-electron chi connectivity index (χ1n) is 38.4. The van der Waals surface area contributed by atoms with Crippen LogP contribution in [0.25, 0.3) is 32.1 Å². The van der Waals surface area contributed by atoms with E-state index in [1.807, 2.05) is 154 Å². The predicted octanol–water partition coefficient (Wildman–Crippen LogP) is 9.98. The summed E-state index contributed by atoms with van der Waals surface area (Å²) in [6.07, 6.45) is 2.43. The molecule has 9 atom stereocenters. The fraction of sp³-hybridized carbons (Fsp3) is 0.379. The number of Topliss-reactive ketones (excluding diaryl/α,β-unsaturated/α-hetero) is 3. The average molecular weight is 1550 g/mol. The summed E-state index contributed by atoms with van der Waals surface area (Å²) in [5.41, 5.74) is 16.4. The largest absolute Gasteiger partial charge is 0.391 e. The normalized spacial score (nSPS) is 20.8. The second-order valence-corrected chi connectivity index (χ2v) is 32.5. The summed E-state index contributed by atoms with van der Waals surface area (Å²) in [4.78, 5) is 140. The number of hydrogen-bond acceptors (Lipinski definition) is 18. The number of rotatable bonds is 23. The van der Waals surface area contributed by atoms with Crippen molar-refractivity contribution < 1.29 is 63.6 Å². The molecule has 1 saturated carbocycles. The molecule has 6 aliphatic heterocycles. The van der Waals surface area contributed by atoms with Crippen LogP contribution in [0.5, 0.6) is 0 Å². The Hall–Kier alpha value is -10.5. The number of fused-ring (bicyclic) bond motifs is 3. The lowest BCUT2D eigenvalue weighted by atomic mass is 9.98. The highest BCUT2D eigenvalue weighted by Gasteiger charge is 2.61. The Morgan fingerprint density at radius 3 is 1.25 bits per heavy atom. The van der Waals surface area contributed by atoms with Crippen molar-refractivity contribution in [3.8, 4) is 32.1 Å². The van der Waals surface area contributed by atoms with Crippen LogP contribution in [-0.4, -0.2) is 203 Å². The fourth-order valence-electron chi connectivity index (χ4n) is 16.7. The zero-order valence-electron chi connectivity index (χ0n) is 63.3. The number of H-pyrrole nitrogens is 1. The van der Waals surface area contributed by atoms with E-state index in [4.69, 9.17) is 0 Å². The molecule has 3 aromatic heterocycles. The lowest BCUT2D eigenvalue weighted by molar-refractivity contribution is -0.144. The van der Waals surface area contributed by atoms with E-state index in [1.165, 1.54) is 21.6 Å². The van der Waals surface area contributed by atoms with Crippen molar-refractivity contribution >= 4 is 75.5 Å². The number of nitrogens with one attached hydrogen (secondary N) is 1. The van der Waals surface area contributed by atoms with Crippen LogP contribution in [0.2, 0.25) is 0 Å². The van der Waals surface area contributed by atoms with Crippen LogP contribution >= 0.6 is 22.7 Å². The van der Waals surface area contributed by atoms with Crippen molar-refractivity contribution in [3.63, 3.8) is 0 Å². The average Bonchev–Trinajstić information content (AvgIpc) is 1.56. The minimum atomic E-state index is -1.14. The fourth-order valence-corrected chi connectivity index (χ4v) is 18.4. The molecular formula is C87H92N10O13S2. The van der Waals surface area contributed by atoms with Gasteiger partial charge in [0, 0.05) is 101 Å². The molecule has 9 heterocycles. The van der Waals surface area contributed by atoms with Crippen LogP contribution in [-0.2, 0) is 67.7 Å². The molecule has 4 fully saturated rings. The number of carbonyl (C=O) groups is 9. The number of hydrogen-bond donors (Lipinski definition) is 5. The number of thiazole rings is 2. The summed E-state index contributed by atoms with van der Waals surface area (Å²) in [5, 5.41) is 48.7. The van der Waals surface area contributed by atoms with Gasteiger partial charge >= 0.3 is 0 Å². The number of aryl methyl sites for hydroxylation is 5. The second kappa shape index (κ2) is 33.4. The molecule has 0 bridgehead atoms. The molecule has 7 aliphatic rings. The highest BCUT2D eigenvalue weighted by molar-refractivity contribution is 7.13. The third-order valence-electron chi connectivity index (χ3n) is 22.9. The topological polar surface area (TPSA) is 308 Å². The number of ketones is 3. The van der Waals surface area contributed by atoms with Gasteiger partial charge in [-0.3, -0.25) is 48.2 Å². The number of aromatic amines is 1. The summed E-state index contributed by atoms with van der Waals surface area (Å²) in [7, 11) is 0. The summed E-state index contributed by atoms with van der Waals surface area (Å²) in [5.74, 6) is -1.99. The molecule has 0 radical (unpaired) electrons. The molecule has 0 spiro atoms. The minimum absolute atomic E-state index is 0.00363. The number of likely N-dealkylation sites (tertiary alicyclic amines) is 3. The smallest absolute Gasteiger partial charge is 0.255 e. The van der Waals surface area contributed by atoms with Gasteiger partial charge in [-0.1, -0.05) is 141 Å². The van der Waals surface area contributed by atoms with Gasteiger partial charge in [-0.25, -0.2) is 9.97 Å². The van der Waals surface area contributed by atoms with Crippen LogP contribution in [0.3, 0.4) is 0 Å². The SMILES string of the molecule is CC(C)[C@@H](C(=O)N1C[C@H](O)C[C@H]1C(=O)CCc1ccc(-c2ccn[nH]2)cc1)N1Cc2ccccc2C1=O.Cc1ncsc1-c1ccc(CCC(=O)[C@@H]2C[C@@H](O)CN2C(=O)C([C@H](C)O)N2Cc3ccccc3C2=O)cc1.Cc1ncsc1-c1ccc(CCC(=O)[C@@H]2C[C@@H](O)CN2C(=O)C2(N3Cc4ccccc4C3=O)CC2)cc1. The van der Waals surface area contributed by atoms with Gasteiger partial charge in [0.15, 0.2) is 17.3 Å². The number of aliphatic hydroxyl groups excluding tert-OH is 4. The van der Waals surface area contributed by atoms with E-state index in [2.05, 4.69) is 32.3 Å². The molecule has 1 unspecified atom stereocenters. The summed E-state index contributed by atoms with van der Waals surface area (Å²) in [6, 6.07) is 44.1. The Morgan fingerprint density at radius 1 is 0.491 bits per heavy atom. The maximum atomic E-state index is 13.8. The van der Waals surface area contributed by atoms with Crippen molar-refractivity contribution in [3.05, 3.63) is 230 Å². The molecule has 5 N–H and O–H groups in total. The number of aromatic nitrogens is 4. The van der Waals surface area contributed by atoms with Gasteiger partial charge in [0.05, 0.1) is 80.4 Å². The van der Waals surface area contributed by atoms with E-state index in [1.54, 1.807) is 67.8 Å². The van der Waals surface area contributed by atoms with E-state index in [0.29, 0.717) is 68.3 Å². The van der Waals surface area contributed by atoms with Crippen LogP contribution in [0.15, 0.2) is 169 Å². The molecule has 580 valence electrons. The number of aliphatic hydroxyl groups is 4. The lowest BCUT2D eigenvalue weighted by Crippen LogP contribution is -2.56. The number of nitrogens with zero attached hydrogens (tertiary/aromatic N) is 9. The van der Waals surface area contributed by atoms with Crippen molar-refractivity contribution in [2.75, 3.05) is 19.6 Å². The number of carbonyl (C=O) groups excluding carboxylic acids is 9. The van der Waals surface area contributed by atoms with Gasteiger partial charge in [-0.15, -0.1) is 22.7 Å². The third kappa shape index (κ3) is 16.3. The predicted molar refractivity (Wildman–Crippen MR) is 422 cm³/mol. The lowest BCUT2D eigenvalue weighted by Gasteiger charge is -2.35.